The van der Waals surface area contributed by atoms with E-state index in [1.165, 1.54) is 22.6 Å². The van der Waals surface area contributed by atoms with Crippen LogP contribution >= 0.6 is 0 Å². The zero-order valence-electron chi connectivity index (χ0n) is 11.5. The summed E-state index contributed by atoms with van der Waals surface area (Å²) >= 11 is 0. The molecule has 0 fully saturated rings. The van der Waals surface area contributed by atoms with Crippen molar-refractivity contribution in [1.82, 2.24) is 19.6 Å². The molecule has 7 heteroatoms. The van der Waals surface area contributed by atoms with Gasteiger partial charge in [-0.05, 0) is 12.1 Å². The molecule has 3 rings (SSSR count). The van der Waals surface area contributed by atoms with Gasteiger partial charge in [0.05, 0.1) is 18.8 Å². The van der Waals surface area contributed by atoms with E-state index >= 15 is 0 Å². The third-order valence-corrected chi connectivity index (χ3v) is 3.25. The molecule has 7 nitrogen and oxygen atoms in total. The first-order valence-corrected chi connectivity index (χ1v) is 6.21. The van der Waals surface area contributed by atoms with Crippen LogP contribution in [0.15, 0.2) is 41.3 Å². The third-order valence-electron chi connectivity index (χ3n) is 3.25. The van der Waals surface area contributed by atoms with Crippen molar-refractivity contribution < 1.29 is 9.53 Å². The monoisotopic (exact) mass is 284 g/mol. The first-order valence-electron chi connectivity index (χ1n) is 6.21. The normalized spacial score (nSPS) is 10.8. The van der Waals surface area contributed by atoms with Crippen LogP contribution < -0.4 is 5.56 Å². The Kier molecular flexibility index (Phi) is 3.02. The molecular formula is C14H12N4O3. The summed E-state index contributed by atoms with van der Waals surface area (Å²) in [7, 11) is 2.95. The molecule has 0 aliphatic heterocycles. The zero-order chi connectivity index (χ0) is 15.0. The number of nitrogens with zero attached hydrogens (tertiary/aromatic N) is 4. The number of methoxy groups -OCH3 is 1. The Morgan fingerprint density at radius 3 is 2.81 bits per heavy atom. The van der Waals surface area contributed by atoms with Crippen LogP contribution in [0.3, 0.4) is 0 Å². The Labute approximate surface area is 119 Å². The van der Waals surface area contributed by atoms with E-state index in [1.54, 1.807) is 13.1 Å². The molecule has 0 saturated carbocycles. The lowest BCUT2D eigenvalue weighted by atomic mass is 10.2. The Balaban J connectivity index is 2.21. The highest BCUT2D eigenvalue weighted by Gasteiger charge is 2.14. The topological polar surface area (TPSA) is 79.0 Å². The molecule has 0 amide bonds. The number of fused-ring (bicyclic) bond motifs is 1. The molecule has 0 atom stereocenters. The zero-order valence-corrected chi connectivity index (χ0v) is 11.5. The largest absolute Gasteiger partial charge is 0.464 e. The van der Waals surface area contributed by atoms with Gasteiger partial charge in [-0.15, -0.1) is 5.10 Å². The van der Waals surface area contributed by atoms with E-state index in [1.807, 2.05) is 24.3 Å². The predicted molar refractivity (Wildman–Crippen MR) is 75.4 cm³/mol. The number of hydrogen-bond donors (Lipinski definition) is 0. The molecule has 0 unspecified atom stereocenters. The molecule has 0 aliphatic rings. The van der Waals surface area contributed by atoms with Crippen molar-refractivity contribution in [2.24, 2.45) is 7.05 Å². The average Bonchev–Trinajstić information content (AvgIpc) is 3.00. The maximum atomic E-state index is 12.4. The van der Waals surface area contributed by atoms with Crippen molar-refractivity contribution >= 4 is 16.9 Å². The van der Waals surface area contributed by atoms with Gasteiger partial charge in [0.2, 0.25) is 0 Å². The van der Waals surface area contributed by atoms with Crippen LogP contribution in [0.25, 0.3) is 16.6 Å². The molecule has 0 aliphatic carbocycles. The molecule has 21 heavy (non-hydrogen) atoms. The van der Waals surface area contributed by atoms with Gasteiger partial charge in [-0.2, -0.15) is 0 Å². The summed E-state index contributed by atoms with van der Waals surface area (Å²) in [6.07, 6.45) is 1.37. The van der Waals surface area contributed by atoms with Gasteiger partial charge < -0.3 is 9.30 Å². The van der Waals surface area contributed by atoms with Gasteiger partial charge in [-0.3, -0.25) is 4.79 Å². The van der Waals surface area contributed by atoms with E-state index in [-0.39, 0.29) is 11.3 Å². The molecule has 0 radical (unpaired) electrons. The number of benzene rings is 1. The van der Waals surface area contributed by atoms with Gasteiger partial charge in [0, 0.05) is 12.4 Å². The third kappa shape index (κ3) is 2.08. The molecular weight excluding hydrogens is 272 g/mol. The maximum absolute atomic E-state index is 12.4. The fraction of sp³-hybridized carbons (Fsp3) is 0.143. The summed E-state index contributed by atoms with van der Waals surface area (Å²) in [5, 5.41) is 8.41. The summed E-state index contributed by atoms with van der Waals surface area (Å²) in [6.45, 7) is 0. The van der Waals surface area contributed by atoms with Gasteiger partial charge in [-0.1, -0.05) is 23.4 Å². The van der Waals surface area contributed by atoms with Crippen molar-refractivity contribution in [3.63, 3.8) is 0 Å². The van der Waals surface area contributed by atoms with Crippen LogP contribution in [0.2, 0.25) is 0 Å². The van der Waals surface area contributed by atoms with E-state index in [0.29, 0.717) is 5.69 Å². The molecule has 0 saturated heterocycles. The lowest BCUT2D eigenvalue weighted by Gasteiger charge is -2.07. The number of para-hydroxylation sites is 1. The van der Waals surface area contributed by atoms with Crippen molar-refractivity contribution in [3.05, 3.63) is 52.6 Å². The maximum Gasteiger partial charge on any atom is 0.360 e. The Morgan fingerprint density at radius 2 is 2.05 bits per heavy atom. The van der Waals surface area contributed by atoms with Crippen molar-refractivity contribution in [1.29, 1.82) is 0 Å². The van der Waals surface area contributed by atoms with Crippen LogP contribution in [0.4, 0.5) is 0 Å². The van der Waals surface area contributed by atoms with Crippen LogP contribution in [-0.2, 0) is 11.8 Å². The fourth-order valence-electron chi connectivity index (χ4n) is 2.15. The van der Waals surface area contributed by atoms with Gasteiger partial charge in [0.1, 0.15) is 5.69 Å². The number of pyridine rings is 1. The van der Waals surface area contributed by atoms with Crippen molar-refractivity contribution in [3.8, 4) is 5.69 Å². The Hall–Kier alpha value is -2.96. The SMILES string of the molecule is COC(=O)c1cn(-c2cc3ccccc3n(C)c2=O)nn1. The lowest BCUT2D eigenvalue weighted by molar-refractivity contribution is 0.0594. The fourth-order valence-corrected chi connectivity index (χ4v) is 2.15. The molecule has 0 N–H and O–H groups in total. The van der Waals surface area contributed by atoms with E-state index in [9.17, 15) is 9.59 Å². The first kappa shape index (κ1) is 13.0. The second-order valence-electron chi connectivity index (χ2n) is 4.49. The standard InChI is InChI=1S/C14H12N4O3/c1-17-11-6-4-3-5-9(11)7-12(13(17)19)18-8-10(15-16-18)14(20)21-2/h3-8H,1-2H3. The van der Waals surface area contributed by atoms with Crippen LogP contribution in [0.5, 0.6) is 0 Å². The minimum absolute atomic E-state index is 0.0488. The smallest absolute Gasteiger partial charge is 0.360 e. The van der Waals surface area contributed by atoms with Crippen molar-refractivity contribution in [2.75, 3.05) is 7.11 Å². The summed E-state index contributed by atoms with van der Waals surface area (Å²) in [4.78, 5) is 23.8. The Bertz CT molecular complexity index is 895. The quantitative estimate of drug-likeness (QED) is 0.653. The molecule has 2 heterocycles. The molecule has 0 spiro atoms. The minimum atomic E-state index is -0.598. The van der Waals surface area contributed by atoms with E-state index in [0.717, 1.165) is 10.9 Å². The second kappa shape index (κ2) is 4.86. The molecule has 1 aromatic carbocycles. The summed E-state index contributed by atoms with van der Waals surface area (Å²) < 4.78 is 7.38. The van der Waals surface area contributed by atoms with E-state index in [4.69, 9.17) is 0 Å². The van der Waals surface area contributed by atoms with Crippen LogP contribution in [0.1, 0.15) is 10.5 Å². The van der Waals surface area contributed by atoms with Gasteiger partial charge >= 0.3 is 5.97 Å². The van der Waals surface area contributed by atoms with Gasteiger partial charge in [0.25, 0.3) is 5.56 Å². The highest BCUT2D eigenvalue weighted by Crippen LogP contribution is 2.14. The van der Waals surface area contributed by atoms with Gasteiger partial charge in [-0.25, -0.2) is 9.48 Å². The average molecular weight is 284 g/mol. The molecule has 3 aromatic rings. The van der Waals surface area contributed by atoms with Gasteiger partial charge in [0.15, 0.2) is 5.69 Å². The van der Waals surface area contributed by atoms with Crippen molar-refractivity contribution in [2.45, 2.75) is 0 Å². The number of esters is 1. The highest BCUT2D eigenvalue weighted by molar-refractivity contribution is 5.86. The van der Waals surface area contributed by atoms with Crippen LogP contribution in [0, 0.1) is 0 Å². The minimum Gasteiger partial charge on any atom is -0.464 e. The van der Waals surface area contributed by atoms with E-state index in [2.05, 4.69) is 15.0 Å². The lowest BCUT2D eigenvalue weighted by Crippen LogP contribution is -2.22. The summed E-state index contributed by atoms with van der Waals surface area (Å²) in [5.74, 6) is -0.598. The summed E-state index contributed by atoms with van der Waals surface area (Å²) in [6, 6.07) is 9.23. The Morgan fingerprint density at radius 1 is 1.29 bits per heavy atom. The first-order chi connectivity index (χ1) is 10.1. The number of aryl methyl sites for hydroxylation is 1. The number of ether oxygens (including phenoxy) is 1. The highest BCUT2D eigenvalue weighted by atomic mass is 16.5. The number of carbonyl (C=O) groups excluding carboxylic acids is 1. The molecule has 2 aromatic heterocycles. The van der Waals surface area contributed by atoms with E-state index < -0.39 is 5.97 Å². The molecule has 106 valence electrons. The second-order valence-corrected chi connectivity index (χ2v) is 4.49. The number of aromatic nitrogens is 4. The number of rotatable bonds is 2. The summed E-state index contributed by atoms with van der Waals surface area (Å²) in [5.41, 5.74) is 0.959. The van der Waals surface area contributed by atoms with Crippen LogP contribution in [-0.4, -0.2) is 32.6 Å². The predicted octanol–water partition coefficient (Wildman–Crippen LogP) is 0.906. The number of carbonyl (C=O) groups is 1. The molecule has 0 bridgehead atoms. The number of hydrogen-bond acceptors (Lipinski definition) is 5.